The monoisotopic (exact) mass is 413 g/mol. The van der Waals surface area contributed by atoms with Crippen LogP contribution in [0.3, 0.4) is 0 Å². The van der Waals surface area contributed by atoms with Gasteiger partial charge in [0.1, 0.15) is 12.1 Å². The molecule has 1 N–H and O–H groups in total. The normalized spacial score (nSPS) is 14.1. The number of thiazole rings is 1. The topological polar surface area (TPSA) is 89.5 Å². The molecule has 0 atom stereocenters. The Balaban J connectivity index is 1.52. The minimum absolute atomic E-state index is 0.144. The lowest BCUT2D eigenvalue weighted by atomic mass is 10.1. The van der Waals surface area contributed by atoms with Crippen LogP contribution in [-0.4, -0.2) is 53.1 Å². The van der Waals surface area contributed by atoms with E-state index >= 15 is 0 Å². The van der Waals surface area contributed by atoms with Crippen molar-refractivity contribution in [3.63, 3.8) is 0 Å². The molecular formula is C20H23N5O3S. The van der Waals surface area contributed by atoms with E-state index in [4.69, 9.17) is 9.47 Å². The molecule has 1 amide bonds. The summed E-state index contributed by atoms with van der Waals surface area (Å²) in [5.74, 6) is 1.98. The number of piperidine rings is 1. The van der Waals surface area contributed by atoms with Crippen LogP contribution in [-0.2, 0) is 11.2 Å². The highest BCUT2D eigenvalue weighted by molar-refractivity contribution is 7.13. The highest BCUT2D eigenvalue weighted by Crippen LogP contribution is 2.34. The van der Waals surface area contributed by atoms with Gasteiger partial charge in [0.25, 0.3) is 0 Å². The van der Waals surface area contributed by atoms with E-state index in [0.29, 0.717) is 28.9 Å². The number of anilines is 2. The van der Waals surface area contributed by atoms with Crippen LogP contribution in [0.5, 0.6) is 11.5 Å². The molecule has 2 aromatic heterocycles. The zero-order valence-electron chi connectivity index (χ0n) is 16.5. The number of aromatic nitrogens is 3. The van der Waals surface area contributed by atoms with Gasteiger partial charge in [-0.3, -0.25) is 4.79 Å². The smallest absolute Gasteiger partial charge is 0.228 e. The van der Waals surface area contributed by atoms with Gasteiger partial charge < -0.3 is 19.7 Å². The minimum atomic E-state index is 0.144. The molecule has 29 heavy (non-hydrogen) atoms. The third kappa shape index (κ3) is 4.24. The Morgan fingerprint density at radius 2 is 1.90 bits per heavy atom. The summed E-state index contributed by atoms with van der Waals surface area (Å²) in [6.07, 6.45) is 5.20. The molecule has 152 valence electrons. The zero-order chi connectivity index (χ0) is 20.2. The maximum absolute atomic E-state index is 12.5. The standard InChI is InChI=1S/C20H23N5O3S/c1-27-16-9-14-15(10-17(16)28-2)21-12-22-19(14)24-20-23-13(11-29-20)8-18(26)25-6-4-3-5-7-25/h9-12H,3-8H2,1-2H3,(H,21,22,23,24). The van der Waals surface area contributed by atoms with Crippen molar-refractivity contribution in [3.05, 3.63) is 29.5 Å². The predicted molar refractivity (Wildman–Crippen MR) is 112 cm³/mol. The van der Waals surface area contributed by atoms with Crippen molar-refractivity contribution >= 4 is 39.1 Å². The number of likely N-dealkylation sites (tertiary alicyclic amines) is 1. The Morgan fingerprint density at radius 3 is 2.66 bits per heavy atom. The summed E-state index contributed by atoms with van der Waals surface area (Å²) in [7, 11) is 3.18. The van der Waals surface area contributed by atoms with Gasteiger partial charge in [-0.2, -0.15) is 0 Å². The third-order valence-corrected chi connectivity index (χ3v) is 5.77. The van der Waals surface area contributed by atoms with Crippen molar-refractivity contribution in [2.45, 2.75) is 25.7 Å². The lowest BCUT2D eigenvalue weighted by Crippen LogP contribution is -2.36. The fourth-order valence-corrected chi connectivity index (χ4v) is 4.15. The molecule has 1 fully saturated rings. The van der Waals surface area contributed by atoms with E-state index in [2.05, 4.69) is 20.3 Å². The first kappa shape index (κ1) is 19.4. The van der Waals surface area contributed by atoms with E-state index in [0.717, 1.165) is 42.5 Å². The second-order valence-corrected chi connectivity index (χ2v) is 7.69. The van der Waals surface area contributed by atoms with Crippen LogP contribution in [0.25, 0.3) is 10.9 Å². The van der Waals surface area contributed by atoms with Gasteiger partial charge in [0.05, 0.1) is 31.9 Å². The lowest BCUT2D eigenvalue weighted by Gasteiger charge is -2.26. The SMILES string of the molecule is COc1cc2ncnc(Nc3nc(CC(=O)N4CCCCC4)cs3)c2cc1OC. The average Bonchev–Trinajstić information content (AvgIpc) is 3.20. The summed E-state index contributed by atoms with van der Waals surface area (Å²) in [5.41, 5.74) is 1.50. The van der Waals surface area contributed by atoms with Crippen molar-refractivity contribution in [1.29, 1.82) is 0 Å². The van der Waals surface area contributed by atoms with Crippen LogP contribution in [0.2, 0.25) is 0 Å². The fourth-order valence-electron chi connectivity index (χ4n) is 3.44. The molecule has 0 bridgehead atoms. The van der Waals surface area contributed by atoms with Gasteiger partial charge in [-0.15, -0.1) is 11.3 Å². The van der Waals surface area contributed by atoms with Crippen LogP contribution < -0.4 is 14.8 Å². The van der Waals surface area contributed by atoms with E-state index in [1.165, 1.54) is 24.1 Å². The lowest BCUT2D eigenvalue weighted by molar-refractivity contribution is -0.131. The van der Waals surface area contributed by atoms with Crippen LogP contribution in [0.15, 0.2) is 23.8 Å². The number of benzene rings is 1. The Bertz CT molecular complexity index is 1020. The van der Waals surface area contributed by atoms with Crippen LogP contribution in [0, 0.1) is 0 Å². The quantitative estimate of drug-likeness (QED) is 0.662. The fraction of sp³-hybridized carbons (Fsp3) is 0.400. The molecule has 1 aliphatic rings. The summed E-state index contributed by atoms with van der Waals surface area (Å²) in [4.78, 5) is 27.6. The summed E-state index contributed by atoms with van der Waals surface area (Å²) >= 11 is 1.45. The number of methoxy groups -OCH3 is 2. The summed E-state index contributed by atoms with van der Waals surface area (Å²) in [5, 5.41) is 6.64. The molecule has 3 aromatic rings. The first-order valence-electron chi connectivity index (χ1n) is 9.54. The molecule has 9 heteroatoms. The molecule has 0 saturated carbocycles. The number of ether oxygens (including phenoxy) is 2. The molecule has 8 nitrogen and oxygen atoms in total. The van der Waals surface area contributed by atoms with E-state index in [1.807, 2.05) is 22.4 Å². The molecule has 0 radical (unpaired) electrons. The number of nitrogens with zero attached hydrogens (tertiary/aromatic N) is 4. The highest BCUT2D eigenvalue weighted by Gasteiger charge is 2.18. The minimum Gasteiger partial charge on any atom is -0.493 e. The Kier molecular flexibility index (Phi) is 5.75. The number of carbonyl (C=O) groups excluding carboxylic acids is 1. The molecule has 3 heterocycles. The second-order valence-electron chi connectivity index (χ2n) is 6.83. The molecule has 1 saturated heterocycles. The van der Waals surface area contributed by atoms with E-state index in [-0.39, 0.29) is 5.91 Å². The maximum atomic E-state index is 12.5. The van der Waals surface area contributed by atoms with Crippen LogP contribution in [0.4, 0.5) is 10.9 Å². The zero-order valence-corrected chi connectivity index (χ0v) is 17.3. The van der Waals surface area contributed by atoms with E-state index in [9.17, 15) is 4.79 Å². The van der Waals surface area contributed by atoms with Crippen molar-refractivity contribution < 1.29 is 14.3 Å². The number of hydrogen-bond donors (Lipinski definition) is 1. The van der Waals surface area contributed by atoms with Gasteiger partial charge in [0.15, 0.2) is 16.6 Å². The number of amides is 1. The largest absolute Gasteiger partial charge is 0.493 e. The number of carbonyl (C=O) groups is 1. The number of fused-ring (bicyclic) bond motifs is 1. The molecule has 0 unspecified atom stereocenters. The van der Waals surface area contributed by atoms with Crippen molar-refractivity contribution in [2.75, 3.05) is 32.6 Å². The molecule has 4 rings (SSSR count). The Morgan fingerprint density at radius 1 is 1.14 bits per heavy atom. The predicted octanol–water partition coefficient (Wildman–Crippen LogP) is 3.40. The van der Waals surface area contributed by atoms with Gasteiger partial charge in [-0.1, -0.05) is 0 Å². The summed E-state index contributed by atoms with van der Waals surface area (Å²) in [6, 6.07) is 3.65. The van der Waals surface area contributed by atoms with Crippen LogP contribution >= 0.6 is 11.3 Å². The second kappa shape index (κ2) is 8.60. The maximum Gasteiger partial charge on any atom is 0.228 e. The van der Waals surface area contributed by atoms with E-state index < -0.39 is 0 Å². The molecule has 1 aromatic carbocycles. The van der Waals surface area contributed by atoms with Crippen molar-refractivity contribution in [1.82, 2.24) is 19.9 Å². The van der Waals surface area contributed by atoms with E-state index in [1.54, 1.807) is 14.2 Å². The number of rotatable bonds is 6. The van der Waals surface area contributed by atoms with Gasteiger partial charge in [-0.25, -0.2) is 15.0 Å². The van der Waals surface area contributed by atoms with Gasteiger partial charge in [0, 0.05) is 29.9 Å². The first-order valence-corrected chi connectivity index (χ1v) is 10.4. The summed E-state index contributed by atoms with van der Waals surface area (Å²) in [6.45, 7) is 1.71. The van der Waals surface area contributed by atoms with Gasteiger partial charge in [0.2, 0.25) is 5.91 Å². The number of hydrogen-bond acceptors (Lipinski definition) is 8. The molecule has 0 spiro atoms. The average molecular weight is 414 g/mol. The molecule has 1 aliphatic heterocycles. The summed E-state index contributed by atoms with van der Waals surface area (Å²) < 4.78 is 10.7. The Hall–Kier alpha value is -2.94. The van der Waals surface area contributed by atoms with Gasteiger partial charge in [-0.05, 0) is 25.3 Å². The van der Waals surface area contributed by atoms with Crippen molar-refractivity contribution in [2.24, 2.45) is 0 Å². The Labute approximate surface area is 172 Å². The van der Waals surface area contributed by atoms with Gasteiger partial charge >= 0.3 is 0 Å². The highest BCUT2D eigenvalue weighted by atomic mass is 32.1. The van der Waals surface area contributed by atoms with Crippen molar-refractivity contribution in [3.8, 4) is 11.5 Å². The number of nitrogens with one attached hydrogen (secondary N) is 1. The van der Waals surface area contributed by atoms with Crippen LogP contribution in [0.1, 0.15) is 25.0 Å². The molecular weight excluding hydrogens is 390 g/mol. The third-order valence-electron chi connectivity index (χ3n) is 4.96. The first-order chi connectivity index (χ1) is 14.2. The molecule has 0 aliphatic carbocycles.